The molecule has 0 amide bonds. The number of nitrogens with one attached hydrogen (secondary N) is 1. The fourth-order valence-corrected chi connectivity index (χ4v) is 3.04. The van der Waals surface area contributed by atoms with Crippen molar-refractivity contribution in [2.45, 2.75) is 38.6 Å². The molecular weight excluding hydrogens is 254 g/mol. The SMILES string of the molecule is O=C(O)c1ccccc1CNCC1(CO)CCCCC1. The van der Waals surface area contributed by atoms with Crippen LogP contribution >= 0.6 is 0 Å². The van der Waals surface area contributed by atoms with Crippen molar-refractivity contribution in [3.05, 3.63) is 35.4 Å². The van der Waals surface area contributed by atoms with Gasteiger partial charge in [-0.15, -0.1) is 0 Å². The van der Waals surface area contributed by atoms with E-state index in [0.717, 1.165) is 24.9 Å². The van der Waals surface area contributed by atoms with E-state index in [0.29, 0.717) is 12.1 Å². The van der Waals surface area contributed by atoms with Crippen molar-refractivity contribution in [3.8, 4) is 0 Å². The van der Waals surface area contributed by atoms with Crippen LogP contribution < -0.4 is 5.32 Å². The normalized spacial score (nSPS) is 17.9. The molecule has 0 spiro atoms. The summed E-state index contributed by atoms with van der Waals surface area (Å²) in [5, 5.41) is 22.1. The number of benzene rings is 1. The minimum absolute atomic E-state index is 0.0174. The minimum Gasteiger partial charge on any atom is -0.478 e. The highest BCUT2D eigenvalue weighted by atomic mass is 16.4. The first kappa shape index (κ1) is 15.0. The molecule has 110 valence electrons. The third kappa shape index (κ3) is 3.58. The highest BCUT2D eigenvalue weighted by Gasteiger charge is 2.30. The standard InChI is InChI=1S/C16H23NO3/c18-12-16(8-4-1-5-9-16)11-17-10-13-6-2-3-7-14(13)15(19)20/h2-3,6-7,17-18H,1,4-5,8-12H2,(H,19,20). The number of aliphatic hydroxyl groups is 1. The number of rotatable bonds is 6. The number of aliphatic hydroxyl groups excluding tert-OH is 1. The first-order chi connectivity index (χ1) is 9.67. The third-order valence-corrected chi connectivity index (χ3v) is 4.31. The van der Waals surface area contributed by atoms with E-state index < -0.39 is 5.97 Å². The molecule has 0 bridgehead atoms. The molecule has 4 nitrogen and oxygen atoms in total. The second-order valence-electron chi connectivity index (χ2n) is 5.78. The maximum Gasteiger partial charge on any atom is 0.336 e. The van der Waals surface area contributed by atoms with E-state index in [2.05, 4.69) is 5.32 Å². The molecule has 1 saturated carbocycles. The van der Waals surface area contributed by atoms with Gasteiger partial charge < -0.3 is 15.5 Å². The van der Waals surface area contributed by atoms with Gasteiger partial charge in [-0.3, -0.25) is 0 Å². The highest BCUT2D eigenvalue weighted by Crippen LogP contribution is 2.35. The van der Waals surface area contributed by atoms with Crippen LogP contribution in [-0.4, -0.2) is 29.3 Å². The molecule has 1 fully saturated rings. The summed E-state index contributed by atoms with van der Waals surface area (Å²) in [6.45, 7) is 1.49. The number of hydrogen-bond acceptors (Lipinski definition) is 3. The van der Waals surface area contributed by atoms with Gasteiger partial charge in [0.25, 0.3) is 0 Å². The minimum atomic E-state index is -0.892. The average molecular weight is 277 g/mol. The lowest BCUT2D eigenvalue weighted by molar-refractivity contribution is 0.0694. The van der Waals surface area contributed by atoms with Crippen molar-refractivity contribution >= 4 is 5.97 Å². The molecule has 2 rings (SSSR count). The van der Waals surface area contributed by atoms with Crippen molar-refractivity contribution < 1.29 is 15.0 Å². The molecule has 20 heavy (non-hydrogen) atoms. The number of carboxylic acid groups (broad SMARTS) is 1. The summed E-state index contributed by atoms with van der Waals surface area (Å²) in [4.78, 5) is 11.1. The number of hydrogen-bond donors (Lipinski definition) is 3. The maximum absolute atomic E-state index is 11.1. The summed E-state index contributed by atoms with van der Waals surface area (Å²) in [6.07, 6.45) is 5.71. The van der Waals surface area contributed by atoms with Crippen LogP contribution in [0.1, 0.15) is 48.0 Å². The molecule has 0 atom stereocenters. The van der Waals surface area contributed by atoms with E-state index in [9.17, 15) is 9.90 Å². The molecule has 1 aliphatic rings. The lowest BCUT2D eigenvalue weighted by atomic mass is 9.74. The average Bonchev–Trinajstić information content (AvgIpc) is 2.48. The Balaban J connectivity index is 1.94. The zero-order valence-corrected chi connectivity index (χ0v) is 11.8. The zero-order valence-electron chi connectivity index (χ0n) is 11.8. The summed E-state index contributed by atoms with van der Waals surface area (Å²) in [5.41, 5.74) is 1.13. The molecular formula is C16H23NO3. The Morgan fingerprint density at radius 2 is 1.90 bits per heavy atom. The smallest absolute Gasteiger partial charge is 0.336 e. The van der Waals surface area contributed by atoms with E-state index in [-0.39, 0.29) is 12.0 Å². The molecule has 3 N–H and O–H groups in total. The first-order valence-corrected chi connectivity index (χ1v) is 7.30. The summed E-state index contributed by atoms with van der Waals surface area (Å²) in [5.74, 6) is -0.892. The van der Waals surface area contributed by atoms with Crippen molar-refractivity contribution in [1.82, 2.24) is 5.32 Å². The molecule has 1 aromatic carbocycles. The quantitative estimate of drug-likeness (QED) is 0.747. The van der Waals surface area contributed by atoms with E-state index >= 15 is 0 Å². The number of carboxylic acids is 1. The lowest BCUT2D eigenvalue weighted by Gasteiger charge is -2.35. The lowest BCUT2D eigenvalue weighted by Crippen LogP contribution is -2.39. The molecule has 0 heterocycles. The van der Waals surface area contributed by atoms with Gasteiger partial charge in [0.15, 0.2) is 0 Å². The van der Waals surface area contributed by atoms with Crippen LogP contribution in [-0.2, 0) is 6.54 Å². The van der Waals surface area contributed by atoms with Crippen molar-refractivity contribution in [2.24, 2.45) is 5.41 Å². The van der Waals surface area contributed by atoms with Crippen LogP contribution in [0.15, 0.2) is 24.3 Å². The van der Waals surface area contributed by atoms with Gasteiger partial charge in [0.1, 0.15) is 0 Å². The van der Waals surface area contributed by atoms with Crippen LogP contribution in [0.5, 0.6) is 0 Å². The second kappa shape index (κ2) is 6.86. The van der Waals surface area contributed by atoms with Gasteiger partial charge in [-0.25, -0.2) is 4.79 Å². The summed E-state index contributed by atoms with van der Waals surface area (Å²) in [6, 6.07) is 7.06. The molecule has 4 heteroatoms. The van der Waals surface area contributed by atoms with Crippen LogP contribution in [0.3, 0.4) is 0 Å². The third-order valence-electron chi connectivity index (χ3n) is 4.31. The molecule has 0 unspecified atom stereocenters. The molecule has 0 saturated heterocycles. The van der Waals surface area contributed by atoms with Gasteiger partial charge in [0.2, 0.25) is 0 Å². The molecule has 0 aliphatic heterocycles. The molecule has 1 aromatic rings. The van der Waals surface area contributed by atoms with E-state index in [1.807, 2.05) is 12.1 Å². The van der Waals surface area contributed by atoms with Gasteiger partial charge in [0, 0.05) is 25.1 Å². The van der Waals surface area contributed by atoms with Crippen molar-refractivity contribution in [2.75, 3.05) is 13.2 Å². The predicted octanol–water partition coefficient (Wildman–Crippen LogP) is 2.42. The largest absolute Gasteiger partial charge is 0.478 e. The zero-order chi connectivity index (χ0) is 14.4. The van der Waals surface area contributed by atoms with E-state index in [1.165, 1.54) is 19.3 Å². The first-order valence-electron chi connectivity index (χ1n) is 7.30. The highest BCUT2D eigenvalue weighted by molar-refractivity contribution is 5.89. The van der Waals surface area contributed by atoms with Crippen molar-refractivity contribution in [3.63, 3.8) is 0 Å². The summed E-state index contributed by atoms with van der Waals surface area (Å²) < 4.78 is 0. The fraction of sp³-hybridized carbons (Fsp3) is 0.562. The Hall–Kier alpha value is -1.39. The van der Waals surface area contributed by atoms with E-state index in [4.69, 9.17) is 5.11 Å². The van der Waals surface area contributed by atoms with Crippen LogP contribution in [0.2, 0.25) is 0 Å². The Morgan fingerprint density at radius 3 is 2.55 bits per heavy atom. The van der Waals surface area contributed by atoms with Crippen LogP contribution in [0.4, 0.5) is 0 Å². The Bertz CT molecular complexity index is 453. The maximum atomic E-state index is 11.1. The van der Waals surface area contributed by atoms with Crippen LogP contribution in [0, 0.1) is 5.41 Å². The Morgan fingerprint density at radius 1 is 1.20 bits per heavy atom. The Kier molecular flexibility index (Phi) is 5.15. The molecule has 0 radical (unpaired) electrons. The number of carbonyl (C=O) groups is 1. The predicted molar refractivity (Wildman–Crippen MR) is 77.7 cm³/mol. The summed E-state index contributed by atoms with van der Waals surface area (Å²) in [7, 11) is 0. The Labute approximate surface area is 119 Å². The number of aromatic carboxylic acids is 1. The summed E-state index contributed by atoms with van der Waals surface area (Å²) >= 11 is 0. The van der Waals surface area contributed by atoms with Gasteiger partial charge in [-0.1, -0.05) is 37.5 Å². The molecule has 1 aliphatic carbocycles. The van der Waals surface area contributed by atoms with E-state index in [1.54, 1.807) is 12.1 Å². The topological polar surface area (TPSA) is 69.6 Å². The van der Waals surface area contributed by atoms with Gasteiger partial charge in [0.05, 0.1) is 5.56 Å². The van der Waals surface area contributed by atoms with Gasteiger partial charge in [-0.2, -0.15) is 0 Å². The second-order valence-corrected chi connectivity index (χ2v) is 5.78. The van der Waals surface area contributed by atoms with Gasteiger partial charge >= 0.3 is 5.97 Å². The van der Waals surface area contributed by atoms with Crippen molar-refractivity contribution in [1.29, 1.82) is 0 Å². The van der Waals surface area contributed by atoms with Gasteiger partial charge in [-0.05, 0) is 24.5 Å². The monoisotopic (exact) mass is 277 g/mol. The van der Waals surface area contributed by atoms with Crippen LogP contribution in [0.25, 0.3) is 0 Å². The fourth-order valence-electron chi connectivity index (χ4n) is 3.04. The molecule has 0 aromatic heterocycles.